The maximum Gasteiger partial charge on any atom is 0.416 e. The second kappa shape index (κ2) is 12.5. The Morgan fingerprint density at radius 1 is 1.00 bits per heavy atom. The van der Waals surface area contributed by atoms with Crippen molar-refractivity contribution in [2.75, 3.05) is 16.8 Å². The fourth-order valence-electron chi connectivity index (χ4n) is 4.94. The van der Waals surface area contributed by atoms with Gasteiger partial charge in [0.1, 0.15) is 6.04 Å². The van der Waals surface area contributed by atoms with Crippen molar-refractivity contribution in [3.63, 3.8) is 0 Å². The number of para-hydroxylation sites is 1. The van der Waals surface area contributed by atoms with Crippen LogP contribution in [0, 0.1) is 5.92 Å². The molecule has 0 spiro atoms. The van der Waals surface area contributed by atoms with Gasteiger partial charge in [0.05, 0.1) is 40.3 Å². The highest BCUT2D eigenvalue weighted by Crippen LogP contribution is 2.41. The lowest BCUT2D eigenvalue weighted by molar-refractivity contribution is -0.144. The highest BCUT2D eigenvalue weighted by atomic mass is 35.5. The van der Waals surface area contributed by atoms with Crippen molar-refractivity contribution in [3.05, 3.63) is 88.9 Å². The Bertz CT molecular complexity index is 1500. The van der Waals surface area contributed by atoms with Gasteiger partial charge in [0, 0.05) is 12.1 Å². The topological polar surface area (TPSA) is 105 Å². The van der Waals surface area contributed by atoms with Crippen LogP contribution in [0.25, 0.3) is 0 Å². The first-order valence-corrected chi connectivity index (χ1v) is 13.3. The smallest absolute Gasteiger partial charge is 0.369 e. The Hall–Kier alpha value is -4.26. The molecule has 0 saturated carbocycles. The zero-order valence-electron chi connectivity index (χ0n) is 22.2. The molecule has 0 fully saturated rings. The Morgan fingerprint density at radius 2 is 1.67 bits per heavy atom. The predicted octanol–water partition coefficient (Wildman–Crippen LogP) is 6.16. The minimum atomic E-state index is -4.69. The van der Waals surface area contributed by atoms with Crippen molar-refractivity contribution in [1.29, 1.82) is 0 Å². The van der Waals surface area contributed by atoms with E-state index in [4.69, 9.17) is 17.3 Å². The van der Waals surface area contributed by atoms with Gasteiger partial charge >= 0.3 is 12.4 Å². The van der Waals surface area contributed by atoms with Crippen molar-refractivity contribution in [2.24, 2.45) is 11.7 Å². The molecule has 14 heteroatoms. The molecule has 3 unspecified atom stereocenters. The molecule has 228 valence electrons. The van der Waals surface area contributed by atoms with Gasteiger partial charge in [-0.05, 0) is 42.3 Å². The number of amides is 3. The summed E-state index contributed by atoms with van der Waals surface area (Å²) in [4.78, 5) is 40.7. The summed E-state index contributed by atoms with van der Waals surface area (Å²) in [5.74, 6) is -6.06. The monoisotopic (exact) mass is 626 g/mol. The second-order valence-electron chi connectivity index (χ2n) is 9.89. The maximum absolute atomic E-state index is 13.6. The Morgan fingerprint density at radius 3 is 2.30 bits per heavy atom. The molecule has 0 radical (unpaired) electrons. The number of nitrogens with one attached hydrogen (secondary N) is 2. The van der Waals surface area contributed by atoms with Crippen LogP contribution in [-0.4, -0.2) is 36.5 Å². The standard InChI is InChI=1S/C29H25ClF6N4O3/c30-20-10-5-11-22-24(20)39-27(43)21(15-40(22)18-9-4-8-17(14-18)29(34,35)36)38-26(42)19(12-13-28(31,32)33)23(25(37)41)16-6-2-1-3-7-16/h1-11,14,19,21,23H,12-13,15H2,(H2,37,41)(H,38,42)(H,39,43). The Kier molecular flexibility index (Phi) is 9.24. The Balaban J connectivity index is 1.73. The van der Waals surface area contributed by atoms with Crippen LogP contribution < -0.4 is 21.3 Å². The number of nitrogens with zero attached hydrogens (tertiary/aromatic N) is 1. The molecule has 3 amide bonds. The van der Waals surface area contributed by atoms with Crippen molar-refractivity contribution >= 4 is 46.4 Å². The number of primary amides is 1. The number of alkyl halides is 6. The number of anilines is 3. The van der Waals surface area contributed by atoms with Crippen molar-refractivity contribution in [1.82, 2.24) is 5.32 Å². The van der Waals surface area contributed by atoms with Crippen molar-refractivity contribution in [3.8, 4) is 0 Å². The lowest BCUT2D eigenvalue weighted by Gasteiger charge is -2.30. The first-order valence-electron chi connectivity index (χ1n) is 12.9. The van der Waals surface area contributed by atoms with E-state index in [1.165, 1.54) is 59.5 Å². The summed E-state index contributed by atoms with van der Waals surface area (Å²) >= 11 is 6.30. The summed E-state index contributed by atoms with van der Waals surface area (Å²) in [5.41, 5.74) is 5.05. The van der Waals surface area contributed by atoms with Crippen LogP contribution in [0.4, 0.5) is 43.4 Å². The number of carbonyl (C=O) groups is 3. The van der Waals surface area contributed by atoms with E-state index < -0.39 is 72.9 Å². The largest absolute Gasteiger partial charge is 0.416 e. The zero-order valence-corrected chi connectivity index (χ0v) is 22.9. The van der Waals surface area contributed by atoms with Gasteiger partial charge in [-0.3, -0.25) is 14.4 Å². The van der Waals surface area contributed by atoms with Gasteiger partial charge in [-0.2, -0.15) is 26.3 Å². The van der Waals surface area contributed by atoms with Gasteiger partial charge in [0.2, 0.25) is 17.7 Å². The van der Waals surface area contributed by atoms with E-state index in [0.717, 1.165) is 12.1 Å². The lowest BCUT2D eigenvalue weighted by Crippen LogP contribution is -2.51. The summed E-state index contributed by atoms with van der Waals surface area (Å²) in [6.07, 6.45) is -11.6. The minimum absolute atomic E-state index is 0.00186. The number of fused-ring (bicyclic) bond motifs is 1. The third kappa shape index (κ3) is 7.58. The van der Waals surface area contributed by atoms with Crippen LogP contribution in [0.3, 0.4) is 0 Å². The van der Waals surface area contributed by atoms with Gasteiger partial charge in [0.25, 0.3) is 0 Å². The zero-order chi connectivity index (χ0) is 31.5. The van der Waals surface area contributed by atoms with E-state index >= 15 is 0 Å². The van der Waals surface area contributed by atoms with Crippen LogP contribution in [0.5, 0.6) is 0 Å². The van der Waals surface area contributed by atoms with E-state index in [9.17, 15) is 40.7 Å². The van der Waals surface area contributed by atoms with Crippen LogP contribution in [-0.2, 0) is 20.6 Å². The average Bonchev–Trinajstić information content (AvgIpc) is 3.07. The maximum atomic E-state index is 13.6. The number of benzene rings is 3. The lowest BCUT2D eigenvalue weighted by atomic mass is 9.81. The summed E-state index contributed by atoms with van der Waals surface area (Å²) in [5, 5.41) is 5.02. The number of carbonyl (C=O) groups excluding carboxylic acids is 3. The number of nitrogens with two attached hydrogens (primary N) is 1. The van der Waals surface area contributed by atoms with Crippen molar-refractivity contribution in [2.45, 2.75) is 37.2 Å². The molecule has 1 heterocycles. The van der Waals surface area contributed by atoms with Crippen LogP contribution in [0.2, 0.25) is 5.02 Å². The summed E-state index contributed by atoms with van der Waals surface area (Å²) in [7, 11) is 0. The molecule has 7 nitrogen and oxygen atoms in total. The molecule has 0 aliphatic carbocycles. The molecule has 1 aliphatic heterocycles. The Labute approximate surface area is 247 Å². The number of halogens is 7. The van der Waals surface area contributed by atoms with Crippen LogP contribution in [0.15, 0.2) is 72.8 Å². The summed E-state index contributed by atoms with van der Waals surface area (Å²) < 4.78 is 80.4. The van der Waals surface area contributed by atoms with Gasteiger partial charge in [0.15, 0.2) is 0 Å². The quantitative estimate of drug-likeness (QED) is 0.261. The number of hydrogen-bond acceptors (Lipinski definition) is 4. The third-order valence-electron chi connectivity index (χ3n) is 6.96. The summed E-state index contributed by atoms with van der Waals surface area (Å²) in [6.45, 7) is -0.426. The fraction of sp³-hybridized carbons (Fsp3) is 0.276. The second-order valence-corrected chi connectivity index (χ2v) is 10.3. The molecule has 4 N–H and O–H groups in total. The average molecular weight is 627 g/mol. The van der Waals surface area contributed by atoms with Crippen LogP contribution >= 0.6 is 11.6 Å². The molecule has 0 aromatic heterocycles. The highest BCUT2D eigenvalue weighted by molar-refractivity contribution is 6.34. The van der Waals surface area contributed by atoms with E-state index in [1.54, 1.807) is 6.07 Å². The first-order chi connectivity index (χ1) is 20.2. The predicted molar refractivity (Wildman–Crippen MR) is 148 cm³/mol. The molecule has 0 saturated heterocycles. The fourth-order valence-corrected chi connectivity index (χ4v) is 5.16. The molecule has 4 rings (SSSR count). The minimum Gasteiger partial charge on any atom is -0.369 e. The molecule has 0 bridgehead atoms. The van der Waals surface area contributed by atoms with E-state index in [1.807, 2.05) is 0 Å². The van der Waals surface area contributed by atoms with E-state index in [-0.39, 0.29) is 27.6 Å². The number of hydrogen-bond donors (Lipinski definition) is 3. The number of rotatable bonds is 8. The molecule has 3 atom stereocenters. The molecule has 1 aliphatic rings. The van der Waals surface area contributed by atoms with Crippen molar-refractivity contribution < 1.29 is 40.7 Å². The van der Waals surface area contributed by atoms with Gasteiger partial charge in [-0.1, -0.05) is 54.1 Å². The molecule has 3 aromatic rings. The third-order valence-corrected chi connectivity index (χ3v) is 7.27. The first kappa shape index (κ1) is 31.7. The molecular weight excluding hydrogens is 602 g/mol. The van der Waals surface area contributed by atoms with Gasteiger partial charge < -0.3 is 21.3 Å². The van der Waals surface area contributed by atoms with E-state index in [2.05, 4.69) is 10.6 Å². The normalized spacial score (nSPS) is 16.9. The summed E-state index contributed by atoms with van der Waals surface area (Å²) in [6, 6.07) is 14.7. The van der Waals surface area contributed by atoms with Gasteiger partial charge in [-0.25, -0.2) is 0 Å². The molecule has 43 heavy (non-hydrogen) atoms. The SMILES string of the molecule is NC(=O)C(c1ccccc1)C(CCC(F)(F)F)C(=O)NC1CN(c2cccc(C(F)(F)F)c2)c2cccc(Cl)c2NC1=O. The van der Waals surface area contributed by atoms with Crippen LogP contribution in [0.1, 0.15) is 29.9 Å². The molecular formula is C29H25ClF6N4O3. The molecule has 3 aromatic carbocycles. The highest BCUT2D eigenvalue weighted by Gasteiger charge is 2.40. The van der Waals surface area contributed by atoms with Gasteiger partial charge in [-0.15, -0.1) is 0 Å². The van der Waals surface area contributed by atoms with E-state index in [0.29, 0.717) is 0 Å².